The zero-order valence-corrected chi connectivity index (χ0v) is 12.2. The van der Waals surface area contributed by atoms with E-state index in [-0.39, 0.29) is 12.7 Å². The minimum atomic E-state index is -0.432. The van der Waals surface area contributed by atoms with Gasteiger partial charge in [0.25, 0.3) is 0 Å². The van der Waals surface area contributed by atoms with E-state index in [2.05, 4.69) is 11.4 Å². The quantitative estimate of drug-likeness (QED) is 0.873. The van der Waals surface area contributed by atoms with Gasteiger partial charge in [-0.3, -0.25) is 5.32 Å². The molecule has 2 aliphatic rings. The van der Waals surface area contributed by atoms with Crippen LogP contribution < -0.4 is 10.1 Å². The molecule has 0 spiro atoms. The topological polar surface area (TPSA) is 65.3 Å². The van der Waals surface area contributed by atoms with Gasteiger partial charge < -0.3 is 9.84 Å². The molecule has 4 nitrogen and oxygen atoms in total. The third kappa shape index (κ3) is 3.37. The summed E-state index contributed by atoms with van der Waals surface area (Å²) in [5, 5.41) is 22.5. The number of benzene rings is 1. The Hall–Kier alpha value is -1.57. The lowest BCUT2D eigenvalue weighted by molar-refractivity contribution is 0.109. The Bertz CT molecular complexity index is 536. The first-order chi connectivity index (χ1) is 10.2. The molecule has 0 heterocycles. The number of ether oxygens (including phenoxy) is 1. The van der Waals surface area contributed by atoms with E-state index in [0.717, 1.165) is 37.0 Å². The maximum Gasteiger partial charge on any atom is 0.125 e. The molecule has 0 aromatic heterocycles. The summed E-state index contributed by atoms with van der Waals surface area (Å²) >= 11 is 0. The lowest BCUT2D eigenvalue weighted by atomic mass is 9.81. The van der Waals surface area contributed by atoms with Crippen molar-refractivity contribution in [3.05, 3.63) is 29.8 Å². The third-order valence-corrected chi connectivity index (χ3v) is 4.41. The maximum absolute atomic E-state index is 9.59. The number of nitriles is 1. The summed E-state index contributed by atoms with van der Waals surface area (Å²) < 4.78 is 6.09. The van der Waals surface area contributed by atoms with Crippen LogP contribution in [-0.4, -0.2) is 22.8 Å². The highest BCUT2D eigenvalue weighted by Gasteiger charge is 2.41. The maximum atomic E-state index is 9.59. The van der Waals surface area contributed by atoms with Crippen molar-refractivity contribution < 1.29 is 9.84 Å². The first-order valence-corrected chi connectivity index (χ1v) is 7.79. The normalized spacial score (nSPS) is 28.9. The molecule has 0 bridgehead atoms. The van der Waals surface area contributed by atoms with E-state index in [0.29, 0.717) is 6.04 Å². The smallest absolute Gasteiger partial charge is 0.125 e. The van der Waals surface area contributed by atoms with Gasteiger partial charge in [0, 0.05) is 18.0 Å². The van der Waals surface area contributed by atoms with E-state index in [1.807, 2.05) is 24.3 Å². The number of para-hydroxylation sites is 1. The molecule has 2 atom stereocenters. The van der Waals surface area contributed by atoms with E-state index in [1.165, 1.54) is 12.8 Å². The molecular weight excluding hydrogens is 264 g/mol. The number of nitrogens with zero attached hydrogens (tertiary/aromatic N) is 1. The van der Waals surface area contributed by atoms with Crippen LogP contribution in [0, 0.1) is 11.3 Å². The van der Waals surface area contributed by atoms with Gasteiger partial charge in [-0.25, -0.2) is 0 Å². The lowest BCUT2D eigenvalue weighted by Crippen LogP contribution is -2.50. The van der Waals surface area contributed by atoms with Crippen LogP contribution >= 0.6 is 0 Å². The summed E-state index contributed by atoms with van der Waals surface area (Å²) in [5.41, 5.74) is 0.374. The van der Waals surface area contributed by atoms with Gasteiger partial charge >= 0.3 is 0 Å². The Labute approximate surface area is 125 Å². The van der Waals surface area contributed by atoms with Gasteiger partial charge in [0.1, 0.15) is 17.4 Å². The van der Waals surface area contributed by atoms with Crippen molar-refractivity contribution in [1.82, 2.24) is 5.32 Å². The third-order valence-electron chi connectivity index (χ3n) is 4.41. The van der Waals surface area contributed by atoms with Gasteiger partial charge in [-0.05, 0) is 38.2 Å². The second-order valence-corrected chi connectivity index (χ2v) is 6.21. The second kappa shape index (κ2) is 6.05. The average molecular weight is 286 g/mol. The van der Waals surface area contributed by atoms with Crippen LogP contribution in [0.3, 0.4) is 0 Å². The Morgan fingerprint density at radius 2 is 2.14 bits per heavy atom. The fourth-order valence-electron chi connectivity index (χ4n) is 3.14. The second-order valence-electron chi connectivity index (χ2n) is 6.21. The minimum Gasteiger partial charge on any atom is -0.490 e. The number of hydrogen-bond acceptors (Lipinski definition) is 4. The molecule has 2 N–H and O–H groups in total. The molecule has 112 valence electrons. The Morgan fingerprint density at radius 3 is 2.86 bits per heavy atom. The Morgan fingerprint density at radius 1 is 1.33 bits per heavy atom. The van der Waals surface area contributed by atoms with Gasteiger partial charge in [0.2, 0.25) is 0 Å². The molecule has 0 radical (unpaired) electrons. The predicted octanol–water partition coefficient (Wildman–Crippen LogP) is 2.51. The van der Waals surface area contributed by atoms with Crippen molar-refractivity contribution >= 4 is 0 Å². The van der Waals surface area contributed by atoms with Crippen LogP contribution in [0.1, 0.15) is 44.1 Å². The zero-order valence-electron chi connectivity index (χ0n) is 12.2. The van der Waals surface area contributed by atoms with E-state index < -0.39 is 5.54 Å². The molecule has 2 aliphatic carbocycles. The van der Waals surface area contributed by atoms with Crippen molar-refractivity contribution in [2.24, 2.45) is 0 Å². The molecule has 4 heteroatoms. The fraction of sp³-hybridized carbons (Fsp3) is 0.588. The van der Waals surface area contributed by atoms with Gasteiger partial charge in [0.05, 0.1) is 12.7 Å². The van der Waals surface area contributed by atoms with Gasteiger partial charge in [-0.1, -0.05) is 18.2 Å². The molecule has 0 aliphatic heterocycles. The Balaban J connectivity index is 1.69. The van der Waals surface area contributed by atoms with E-state index in [4.69, 9.17) is 4.74 Å². The molecule has 0 saturated heterocycles. The van der Waals surface area contributed by atoms with E-state index in [9.17, 15) is 10.4 Å². The molecule has 1 aromatic carbocycles. The molecular formula is C17H22N2O2. The summed E-state index contributed by atoms with van der Waals surface area (Å²) in [5.74, 6) is 0.741. The Kier molecular flexibility index (Phi) is 4.14. The molecule has 1 aromatic rings. The van der Waals surface area contributed by atoms with Crippen LogP contribution in [0.25, 0.3) is 0 Å². The van der Waals surface area contributed by atoms with Crippen LogP contribution in [0.2, 0.25) is 0 Å². The SMILES string of the molecule is N#CC1(NC2CC2)CCCC(Oc2ccccc2CO)C1. The lowest BCUT2D eigenvalue weighted by Gasteiger charge is -2.36. The van der Waals surface area contributed by atoms with Crippen molar-refractivity contribution in [1.29, 1.82) is 5.26 Å². The van der Waals surface area contributed by atoms with Crippen molar-refractivity contribution in [3.8, 4) is 11.8 Å². The number of nitrogens with one attached hydrogen (secondary N) is 1. The van der Waals surface area contributed by atoms with Crippen molar-refractivity contribution in [2.75, 3.05) is 0 Å². The first-order valence-electron chi connectivity index (χ1n) is 7.79. The number of aliphatic hydroxyl groups is 1. The van der Waals surface area contributed by atoms with Crippen LogP contribution in [0.5, 0.6) is 5.75 Å². The summed E-state index contributed by atoms with van der Waals surface area (Å²) in [4.78, 5) is 0. The highest BCUT2D eigenvalue weighted by molar-refractivity contribution is 5.33. The van der Waals surface area contributed by atoms with Crippen LogP contribution in [-0.2, 0) is 6.61 Å². The number of rotatable bonds is 5. The van der Waals surface area contributed by atoms with Crippen molar-refractivity contribution in [2.45, 2.75) is 62.8 Å². The largest absolute Gasteiger partial charge is 0.490 e. The minimum absolute atomic E-state index is 0.0212. The molecule has 2 unspecified atom stereocenters. The summed E-state index contributed by atoms with van der Waals surface area (Å²) in [6, 6.07) is 10.6. The first kappa shape index (κ1) is 14.4. The summed E-state index contributed by atoms with van der Waals surface area (Å²) in [6.45, 7) is -0.0212. The number of aliphatic hydroxyl groups excluding tert-OH is 1. The van der Waals surface area contributed by atoms with Crippen molar-refractivity contribution in [3.63, 3.8) is 0 Å². The van der Waals surface area contributed by atoms with Gasteiger partial charge in [0.15, 0.2) is 0 Å². The number of hydrogen-bond donors (Lipinski definition) is 2. The molecule has 21 heavy (non-hydrogen) atoms. The molecule has 0 amide bonds. The zero-order chi connectivity index (χ0) is 14.7. The van der Waals surface area contributed by atoms with Crippen LogP contribution in [0.4, 0.5) is 0 Å². The molecule has 2 saturated carbocycles. The summed E-state index contributed by atoms with van der Waals surface area (Å²) in [7, 11) is 0. The predicted molar refractivity (Wildman–Crippen MR) is 79.8 cm³/mol. The van der Waals surface area contributed by atoms with E-state index in [1.54, 1.807) is 0 Å². The van der Waals surface area contributed by atoms with Crippen LogP contribution in [0.15, 0.2) is 24.3 Å². The molecule has 2 fully saturated rings. The van der Waals surface area contributed by atoms with Gasteiger partial charge in [-0.15, -0.1) is 0 Å². The van der Waals surface area contributed by atoms with E-state index >= 15 is 0 Å². The standard InChI is InChI=1S/C17H22N2O2/c18-12-17(19-14-7-8-14)9-3-5-15(10-17)21-16-6-2-1-4-13(16)11-20/h1-2,4,6,14-15,19-20H,3,5,7-11H2. The fourth-order valence-corrected chi connectivity index (χ4v) is 3.14. The molecule has 3 rings (SSSR count). The highest BCUT2D eigenvalue weighted by atomic mass is 16.5. The summed E-state index contributed by atoms with van der Waals surface area (Å²) in [6.07, 6.45) is 6.00. The highest BCUT2D eigenvalue weighted by Crippen LogP contribution is 2.34. The monoisotopic (exact) mass is 286 g/mol. The average Bonchev–Trinajstić information content (AvgIpc) is 3.32. The van der Waals surface area contributed by atoms with Gasteiger partial charge in [-0.2, -0.15) is 5.26 Å².